The van der Waals surface area contributed by atoms with Crippen LogP contribution in [0.25, 0.3) is 0 Å². The lowest BCUT2D eigenvalue weighted by atomic mass is 10.4. The fraction of sp³-hybridized carbons (Fsp3) is 0.750. The molecule has 1 heterocycles. The van der Waals surface area contributed by atoms with Gasteiger partial charge in [-0.15, -0.1) is 8.20 Å². The first-order chi connectivity index (χ1) is 2.50. The maximum absolute atomic E-state index is 2.33. The van der Waals surface area contributed by atoms with Crippen molar-refractivity contribution in [1.82, 2.24) is 0 Å². The van der Waals surface area contributed by atoms with Crippen LogP contribution in [0.4, 0.5) is 0 Å². The van der Waals surface area contributed by atoms with Gasteiger partial charge in [-0.05, 0) is 19.0 Å². The highest BCUT2D eigenvalue weighted by Gasteiger charge is 1.85. The predicted octanol–water partition coefficient (Wildman–Crippen LogP) is 0.704. The summed E-state index contributed by atoms with van der Waals surface area (Å²) in [5.74, 6) is 2.33. The Labute approximate surface area is 39.5 Å². The van der Waals surface area contributed by atoms with Gasteiger partial charge < -0.3 is 5.48 Å². The van der Waals surface area contributed by atoms with Crippen molar-refractivity contribution in [3.63, 3.8) is 0 Å². The van der Waals surface area contributed by atoms with Gasteiger partial charge >= 0.3 is 0 Å². The summed E-state index contributed by atoms with van der Waals surface area (Å²) in [4.78, 5) is 0. The average molecular weight is 104 g/mol. The highest BCUT2D eigenvalue weighted by atomic mass is 31.1. The second kappa shape index (κ2) is 3.32. The van der Waals surface area contributed by atoms with Crippen LogP contribution < -0.4 is 0 Å². The van der Waals surface area contributed by atoms with E-state index in [1.165, 1.54) is 19.0 Å². The molecule has 0 aromatic rings. The van der Waals surface area contributed by atoms with Crippen LogP contribution in [-0.2, 0) is 0 Å². The van der Waals surface area contributed by atoms with E-state index in [-0.39, 0.29) is 5.48 Å². The summed E-state index contributed by atoms with van der Waals surface area (Å²) in [7, 11) is 1.57. The van der Waals surface area contributed by atoms with Crippen LogP contribution >= 0.6 is 8.20 Å². The third-order valence-electron chi connectivity index (χ3n) is 0.750. The molecule has 0 saturated heterocycles. The average Bonchev–Trinajstić information content (AvgIpc) is 1.76. The number of rotatable bonds is 0. The molecule has 0 radical (unpaired) electrons. The van der Waals surface area contributed by atoms with E-state index in [1.54, 1.807) is 8.20 Å². The molecule has 0 fully saturated rings. The first kappa shape index (κ1) is 6.13. The van der Waals surface area contributed by atoms with Gasteiger partial charge in [-0.1, -0.05) is 5.80 Å². The summed E-state index contributed by atoms with van der Waals surface area (Å²) in [5.41, 5.74) is 0. The summed E-state index contributed by atoms with van der Waals surface area (Å²) < 4.78 is 0. The van der Waals surface area contributed by atoms with E-state index in [0.717, 1.165) is 0 Å². The van der Waals surface area contributed by atoms with Gasteiger partial charge in [0.25, 0.3) is 0 Å². The molecular formula is C4H9OP. The summed E-state index contributed by atoms with van der Waals surface area (Å²) in [6.45, 7) is 0. The third-order valence-corrected chi connectivity index (χ3v) is 1.84. The molecule has 0 saturated carbocycles. The Morgan fingerprint density at radius 1 is 1.50 bits per heavy atom. The second-order valence-corrected chi connectivity index (χ2v) is 2.41. The fourth-order valence-corrected chi connectivity index (χ4v) is 1.37. The van der Waals surface area contributed by atoms with Gasteiger partial charge in [0.2, 0.25) is 0 Å². The van der Waals surface area contributed by atoms with Crippen molar-refractivity contribution in [1.29, 1.82) is 0 Å². The van der Waals surface area contributed by atoms with Crippen molar-refractivity contribution >= 4 is 14.0 Å². The first-order valence-electron chi connectivity index (χ1n) is 1.98. The van der Waals surface area contributed by atoms with Crippen LogP contribution in [-0.4, -0.2) is 17.4 Å². The summed E-state index contributed by atoms with van der Waals surface area (Å²) >= 11 is 0. The van der Waals surface area contributed by atoms with Crippen molar-refractivity contribution in [2.45, 2.75) is 12.8 Å². The fourth-order valence-electron chi connectivity index (χ4n) is 0.456. The Balaban J connectivity index is 0.000000250. The van der Waals surface area contributed by atoms with Gasteiger partial charge in [-0.3, -0.25) is 0 Å². The van der Waals surface area contributed by atoms with Gasteiger partial charge in [0, 0.05) is 0 Å². The Kier molecular flexibility index (Phi) is 3.40. The molecule has 0 aromatic carbocycles. The molecule has 1 nitrogen and oxygen atoms in total. The Hall–Kier alpha value is 0.130. The van der Waals surface area contributed by atoms with Gasteiger partial charge in [0.15, 0.2) is 0 Å². The molecule has 1 aliphatic heterocycles. The molecule has 0 spiro atoms. The molecule has 6 heavy (non-hydrogen) atoms. The predicted molar refractivity (Wildman–Crippen MR) is 30.7 cm³/mol. The molecule has 2 heteroatoms. The summed E-state index contributed by atoms with van der Waals surface area (Å²) in [5, 5.41) is 0. The standard InChI is InChI=1S/C4H7P.H2O/c1-2-4-5-3-1;/h3H,1-2,4H2;1H2. The van der Waals surface area contributed by atoms with Crippen molar-refractivity contribution in [2.75, 3.05) is 6.16 Å². The van der Waals surface area contributed by atoms with Crippen LogP contribution in [0.5, 0.6) is 0 Å². The van der Waals surface area contributed by atoms with Gasteiger partial charge in [-0.25, -0.2) is 0 Å². The SMILES string of the molecule is C1=PCCC1.O. The third kappa shape index (κ3) is 1.54. The maximum atomic E-state index is 2.33. The normalized spacial score (nSPS) is 20.0. The van der Waals surface area contributed by atoms with Gasteiger partial charge in [0.05, 0.1) is 0 Å². The summed E-state index contributed by atoms with van der Waals surface area (Å²) in [6.07, 6.45) is 4.21. The molecular weight excluding hydrogens is 95.0 g/mol. The molecule has 0 amide bonds. The van der Waals surface area contributed by atoms with E-state index < -0.39 is 0 Å². The van der Waals surface area contributed by atoms with Crippen LogP contribution in [0.1, 0.15) is 12.8 Å². The zero-order chi connectivity index (χ0) is 3.54. The van der Waals surface area contributed by atoms with E-state index in [4.69, 9.17) is 0 Å². The first-order valence-corrected chi connectivity index (χ1v) is 3.13. The van der Waals surface area contributed by atoms with Crippen LogP contribution in [0, 0.1) is 0 Å². The minimum Gasteiger partial charge on any atom is -0.412 e. The molecule has 36 valence electrons. The zero-order valence-electron chi connectivity index (χ0n) is 3.65. The topological polar surface area (TPSA) is 31.5 Å². The lowest BCUT2D eigenvalue weighted by Gasteiger charge is -1.68. The Bertz CT molecular complexity index is 45.5. The van der Waals surface area contributed by atoms with Crippen molar-refractivity contribution in [2.24, 2.45) is 0 Å². The molecule has 1 aliphatic rings. The highest BCUT2D eigenvalue weighted by molar-refractivity contribution is 7.38. The van der Waals surface area contributed by atoms with Crippen LogP contribution in [0.15, 0.2) is 0 Å². The molecule has 0 bridgehead atoms. The minimum absolute atomic E-state index is 0. The van der Waals surface area contributed by atoms with Crippen LogP contribution in [0.3, 0.4) is 0 Å². The lowest BCUT2D eigenvalue weighted by Crippen LogP contribution is -1.60. The van der Waals surface area contributed by atoms with Gasteiger partial charge in [-0.2, -0.15) is 0 Å². The van der Waals surface area contributed by atoms with Gasteiger partial charge in [0.1, 0.15) is 0 Å². The van der Waals surface area contributed by atoms with Crippen LogP contribution in [0.2, 0.25) is 0 Å². The monoisotopic (exact) mass is 104 g/mol. The van der Waals surface area contributed by atoms with E-state index in [1.807, 2.05) is 0 Å². The largest absolute Gasteiger partial charge is 0.412 e. The Morgan fingerprint density at radius 3 is 2.50 bits per heavy atom. The zero-order valence-corrected chi connectivity index (χ0v) is 4.54. The van der Waals surface area contributed by atoms with E-state index in [0.29, 0.717) is 0 Å². The highest BCUT2D eigenvalue weighted by Crippen LogP contribution is 2.07. The second-order valence-electron chi connectivity index (χ2n) is 1.23. The Morgan fingerprint density at radius 2 is 2.33 bits per heavy atom. The molecule has 1 rings (SSSR count). The number of hydrogen-bond donors (Lipinski definition) is 0. The van der Waals surface area contributed by atoms with E-state index >= 15 is 0 Å². The summed E-state index contributed by atoms with van der Waals surface area (Å²) in [6, 6.07) is 0. The molecule has 0 atom stereocenters. The van der Waals surface area contributed by atoms with Crippen molar-refractivity contribution in [3.8, 4) is 0 Å². The minimum atomic E-state index is 0. The van der Waals surface area contributed by atoms with Crippen molar-refractivity contribution < 1.29 is 5.48 Å². The molecule has 0 aromatic heterocycles. The smallest absolute Gasteiger partial charge is 0.0106 e. The lowest BCUT2D eigenvalue weighted by molar-refractivity contribution is 0.824. The van der Waals surface area contributed by atoms with Crippen molar-refractivity contribution in [3.05, 3.63) is 0 Å². The van der Waals surface area contributed by atoms with E-state index in [2.05, 4.69) is 5.80 Å². The molecule has 0 aliphatic carbocycles. The van der Waals surface area contributed by atoms with E-state index in [9.17, 15) is 0 Å². The molecule has 0 unspecified atom stereocenters. The quantitative estimate of drug-likeness (QED) is 0.405. The maximum Gasteiger partial charge on any atom is -0.0106 e. The molecule has 2 N–H and O–H groups in total. The number of hydrogen-bond acceptors (Lipinski definition) is 0.